The molecule has 1 fully saturated rings. The molecule has 0 saturated carbocycles. The molecule has 30 heavy (non-hydrogen) atoms. The lowest BCUT2D eigenvalue weighted by Gasteiger charge is -2.11. The maximum absolute atomic E-state index is 12.5. The smallest absolute Gasteiger partial charge is 0.242 e. The summed E-state index contributed by atoms with van der Waals surface area (Å²) in [6.07, 6.45) is 3.40. The minimum absolute atomic E-state index is 0.264. The number of aryl methyl sites for hydroxylation is 1. The van der Waals surface area contributed by atoms with E-state index in [4.69, 9.17) is 4.98 Å². The highest BCUT2D eigenvalue weighted by atomic mass is 32.2. The molecule has 3 heterocycles. The van der Waals surface area contributed by atoms with Gasteiger partial charge in [0.25, 0.3) is 0 Å². The second kappa shape index (κ2) is 8.81. The Morgan fingerprint density at radius 3 is 2.67 bits per heavy atom. The largest absolute Gasteiger partial charge is 0.347 e. The minimum Gasteiger partial charge on any atom is -0.347 e. The van der Waals surface area contributed by atoms with Gasteiger partial charge in [-0.15, -0.1) is 10.2 Å². The van der Waals surface area contributed by atoms with E-state index in [1.807, 2.05) is 6.07 Å². The van der Waals surface area contributed by atoms with Crippen LogP contribution in [0.1, 0.15) is 32.0 Å². The van der Waals surface area contributed by atoms with Crippen molar-refractivity contribution >= 4 is 49.3 Å². The van der Waals surface area contributed by atoms with Crippen LogP contribution in [-0.4, -0.2) is 59.7 Å². The first-order chi connectivity index (χ1) is 14.4. The molecular formula is C19H26N6O2S3. The number of fused-ring (bicyclic) bond motifs is 1. The SMILES string of the molecule is CCCn1c(CSc2nnc(N3CCCC3)s2)nc2cc(S(=O)(=O)N(C)C)ccc21. The molecule has 0 bridgehead atoms. The number of imidazole rings is 1. The van der Waals surface area contributed by atoms with Crippen LogP contribution in [0.2, 0.25) is 0 Å². The maximum Gasteiger partial charge on any atom is 0.242 e. The zero-order valence-electron chi connectivity index (χ0n) is 17.4. The summed E-state index contributed by atoms with van der Waals surface area (Å²) >= 11 is 3.26. The molecule has 0 N–H and O–H groups in total. The van der Waals surface area contributed by atoms with Crippen molar-refractivity contribution in [1.29, 1.82) is 0 Å². The molecule has 0 spiro atoms. The van der Waals surface area contributed by atoms with Crippen LogP contribution >= 0.6 is 23.1 Å². The van der Waals surface area contributed by atoms with Crippen molar-refractivity contribution in [2.24, 2.45) is 0 Å². The van der Waals surface area contributed by atoms with Crippen LogP contribution < -0.4 is 4.90 Å². The van der Waals surface area contributed by atoms with Gasteiger partial charge < -0.3 is 9.47 Å². The van der Waals surface area contributed by atoms with Gasteiger partial charge in [-0.2, -0.15) is 0 Å². The lowest BCUT2D eigenvalue weighted by Crippen LogP contribution is -2.22. The molecule has 0 radical (unpaired) electrons. The summed E-state index contributed by atoms with van der Waals surface area (Å²) < 4.78 is 29.3. The van der Waals surface area contributed by atoms with Gasteiger partial charge in [0.2, 0.25) is 15.2 Å². The number of hydrogen-bond donors (Lipinski definition) is 0. The van der Waals surface area contributed by atoms with Gasteiger partial charge in [0.1, 0.15) is 5.82 Å². The second-order valence-electron chi connectivity index (χ2n) is 7.45. The Labute approximate surface area is 185 Å². The molecule has 0 unspecified atom stereocenters. The number of hydrogen-bond acceptors (Lipinski definition) is 8. The number of rotatable bonds is 8. The molecule has 0 aliphatic carbocycles. The predicted octanol–water partition coefficient (Wildman–Crippen LogP) is 3.44. The molecule has 4 rings (SSSR count). The lowest BCUT2D eigenvalue weighted by molar-refractivity contribution is 0.521. The van der Waals surface area contributed by atoms with E-state index in [0.29, 0.717) is 11.3 Å². The molecule has 162 valence electrons. The minimum atomic E-state index is -3.49. The average Bonchev–Trinajstić information content (AvgIpc) is 3.46. The van der Waals surface area contributed by atoms with E-state index in [1.54, 1.807) is 35.2 Å². The number of sulfonamides is 1. The zero-order valence-corrected chi connectivity index (χ0v) is 19.9. The fourth-order valence-corrected chi connectivity index (χ4v) is 6.30. The summed E-state index contributed by atoms with van der Waals surface area (Å²) in [5.41, 5.74) is 1.66. The quantitative estimate of drug-likeness (QED) is 0.470. The van der Waals surface area contributed by atoms with Crippen molar-refractivity contribution < 1.29 is 8.42 Å². The van der Waals surface area contributed by atoms with Crippen LogP contribution in [0.25, 0.3) is 11.0 Å². The highest BCUT2D eigenvalue weighted by molar-refractivity contribution is 8.00. The predicted molar refractivity (Wildman–Crippen MR) is 122 cm³/mol. The van der Waals surface area contributed by atoms with Crippen LogP contribution in [0.3, 0.4) is 0 Å². The maximum atomic E-state index is 12.5. The van der Waals surface area contributed by atoms with E-state index in [-0.39, 0.29) is 4.90 Å². The summed E-state index contributed by atoms with van der Waals surface area (Å²) in [7, 11) is -0.412. The molecule has 2 aromatic heterocycles. The third-order valence-electron chi connectivity index (χ3n) is 5.12. The number of aromatic nitrogens is 4. The molecule has 1 aromatic carbocycles. The van der Waals surface area contributed by atoms with E-state index in [9.17, 15) is 8.42 Å². The van der Waals surface area contributed by atoms with Crippen molar-refractivity contribution in [3.05, 3.63) is 24.0 Å². The molecule has 8 nitrogen and oxygen atoms in total. The van der Waals surface area contributed by atoms with Crippen LogP contribution in [-0.2, 0) is 22.3 Å². The summed E-state index contributed by atoms with van der Waals surface area (Å²) in [5.74, 6) is 1.59. The number of anilines is 1. The summed E-state index contributed by atoms with van der Waals surface area (Å²) in [6, 6.07) is 5.19. The van der Waals surface area contributed by atoms with Gasteiger partial charge in [0, 0.05) is 33.7 Å². The van der Waals surface area contributed by atoms with Gasteiger partial charge >= 0.3 is 0 Å². The van der Waals surface area contributed by atoms with Gasteiger partial charge in [-0.1, -0.05) is 30.0 Å². The molecule has 0 amide bonds. The van der Waals surface area contributed by atoms with Gasteiger partial charge in [-0.3, -0.25) is 0 Å². The van der Waals surface area contributed by atoms with E-state index in [1.165, 1.54) is 31.2 Å². The summed E-state index contributed by atoms with van der Waals surface area (Å²) in [4.78, 5) is 7.33. The van der Waals surface area contributed by atoms with Gasteiger partial charge in [-0.05, 0) is 37.5 Å². The first kappa shape index (κ1) is 21.5. The Hall–Kier alpha value is -1.69. The Balaban J connectivity index is 1.59. The topological polar surface area (TPSA) is 84.2 Å². The molecule has 1 aliphatic rings. The monoisotopic (exact) mass is 466 g/mol. The first-order valence-electron chi connectivity index (χ1n) is 10.0. The Bertz CT molecular complexity index is 1130. The third-order valence-corrected chi connectivity index (χ3v) is 9.05. The second-order valence-corrected chi connectivity index (χ2v) is 11.8. The van der Waals surface area contributed by atoms with Crippen molar-refractivity contribution in [2.75, 3.05) is 32.1 Å². The van der Waals surface area contributed by atoms with Crippen LogP contribution in [0.5, 0.6) is 0 Å². The van der Waals surface area contributed by atoms with E-state index >= 15 is 0 Å². The van der Waals surface area contributed by atoms with E-state index in [0.717, 1.165) is 46.9 Å². The van der Waals surface area contributed by atoms with Crippen LogP contribution in [0.4, 0.5) is 5.13 Å². The average molecular weight is 467 g/mol. The standard InChI is InChI=1S/C19H26N6O2S3/c1-4-9-25-16-8-7-14(30(26,27)23(2)3)12-15(16)20-17(25)13-28-19-22-21-18(29-19)24-10-5-6-11-24/h7-8,12H,4-6,9-11,13H2,1-3H3. The summed E-state index contributed by atoms with van der Waals surface area (Å²) in [6.45, 7) is 5.08. The van der Waals surface area contributed by atoms with Gasteiger partial charge in [0.15, 0.2) is 4.34 Å². The molecule has 0 atom stereocenters. The van der Waals surface area contributed by atoms with Crippen molar-refractivity contribution in [1.82, 2.24) is 24.1 Å². The van der Waals surface area contributed by atoms with Gasteiger partial charge in [-0.25, -0.2) is 17.7 Å². The number of nitrogens with zero attached hydrogens (tertiary/aromatic N) is 6. The Morgan fingerprint density at radius 2 is 1.97 bits per heavy atom. The first-order valence-corrected chi connectivity index (χ1v) is 13.3. The summed E-state index contributed by atoms with van der Waals surface area (Å²) in [5, 5.41) is 9.68. The van der Waals surface area contributed by atoms with Crippen LogP contribution in [0, 0.1) is 0 Å². The van der Waals surface area contributed by atoms with Gasteiger partial charge in [0.05, 0.1) is 21.7 Å². The number of thioether (sulfide) groups is 1. The molecule has 1 aliphatic heterocycles. The van der Waals surface area contributed by atoms with E-state index in [2.05, 4.69) is 26.6 Å². The fraction of sp³-hybridized carbons (Fsp3) is 0.526. The highest BCUT2D eigenvalue weighted by Crippen LogP contribution is 2.32. The van der Waals surface area contributed by atoms with Crippen molar-refractivity contribution in [3.8, 4) is 0 Å². The Kier molecular flexibility index (Phi) is 6.33. The highest BCUT2D eigenvalue weighted by Gasteiger charge is 2.21. The van der Waals surface area contributed by atoms with Crippen molar-refractivity contribution in [3.63, 3.8) is 0 Å². The molecule has 1 saturated heterocycles. The molecule has 11 heteroatoms. The Morgan fingerprint density at radius 1 is 1.20 bits per heavy atom. The fourth-order valence-electron chi connectivity index (χ4n) is 3.54. The zero-order chi connectivity index (χ0) is 21.3. The van der Waals surface area contributed by atoms with Crippen LogP contribution in [0.15, 0.2) is 27.4 Å². The van der Waals surface area contributed by atoms with Crippen molar-refractivity contribution in [2.45, 2.75) is 47.7 Å². The number of benzene rings is 1. The normalized spacial score (nSPS) is 15.0. The third kappa shape index (κ3) is 4.20. The molecular weight excluding hydrogens is 440 g/mol. The molecule has 3 aromatic rings. The lowest BCUT2D eigenvalue weighted by atomic mass is 10.3. The van der Waals surface area contributed by atoms with E-state index < -0.39 is 10.0 Å².